The smallest absolute Gasteiger partial charge is 0.227 e. The molecule has 152 valence electrons. The second-order valence-corrected chi connectivity index (χ2v) is 7.43. The number of methoxy groups -OCH3 is 1. The number of nitrogens with two attached hydrogens (primary N) is 1. The summed E-state index contributed by atoms with van der Waals surface area (Å²) in [6.07, 6.45) is 4.62. The summed E-state index contributed by atoms with van der Waals surface area (Å²) >= 11 is 0. The molecule has 0 spiro atoms. The second-order valence-electron chi connectivity index (χ2n) is 7.43. The first-order valence-electron chi connectivity index (χ1n) is 9.89. The Kier molecular flexibility index (Phi) is 5.44. The summed E-state index contributed by atoms with van der Waals surface area (Å²) in [6.45, 7) is 4.46. The van der Waals surface area contributed by atoms with Gasteiger partial charge in [0.05, 0.1) is 25.8 Å². The minimum absolute atomic E-state index is 0.133. The molecule has 0 bridgehead atoms. The molecule has 0 saturated carbocycles. The summed E-state index contributed by atoms with van der Waals surface area (Å²) in [5.41, 5.74) is 10.2. The second kappa shape index (κ2) is 8.16. The molecular weight excluding hydrogens is 368 g/mol. The maximum atomic E-state index is 12.9. The van der Waals surface area contributed by atoms with Gasteiger partial charge in [0.1, 0.15) is 11.3 Å². The summed E-state index contributed by atoms with van der Waals surface area (Å²) < 4.78 is 7.12. The molecule has 2 N–H and O–H groups in total. The zero-order valence-corrected chi connectivity index (χ0v) is 16.8. The standard InChI is InChI=1S/C21H26N6O2/c1-14-11-15(3-4-17(14)29-2)12-18(28)26-9-5-16(13-26)19-20-21(24-8-7-23-20)27(25-19)10-6-22/h3-4,7-8,11,16H,5-6,9-10,12-13,22H2,1-2H3/t16-/m1/s1. The van der Waals surface area contributed by atoms with E-state index >= 15 is 0 Å². The zero-order chi connectivity index (χ0) is 20.4. The van der Waals surface area contributed by atoms with Crippen molar-refractivity contribution >= 4 is 17.1 Å². The average molecular weight is 394 g/mol. The van der Waals surface area contributed by atoms with Crippen LogP contribution in [0.3, 0.4) is 0 Å². The van der Waals surface area contributed by atoms with E-state index in [1.165, 1.54) is 0 Å². The number of aromatic nitrogens is 4. The summed E-state index contributed by atoms with van der Waals surface area (Å²) in [6, 6.07) is 5.89. The molecule has 1 aliphatic heterocycles. The number of hydrogen-bond donors (Lipinski definition) is 1. The number of carbonyl (C=O) groups excluding carboxylic acids is 1. The maximum absolute atomic E-state index is 12.9. The van der Waals surface area contributed by atoms with Crippen LogP contribution in [0.4, 0.5) is 0 Å². The molecule has 8 heteroatoms. The number of carbonyl (C=O) groups is 1. The van der Waals surface area contributed by atoms with Crippen molar-refractivity contribution in [3.63, 3.8) is 0 Å². The van der Waals surface area contributed by atoms with Crippen molar-refractivity contribution in [1.82, 2.24) is 24.6 Å². The van der Waals surface area contributed by atoms with E-state index in [0.717, 1.165) is 46.7 Å². The molecule has 0 unspecified atom stereocenters. The maximum Gasteiger partial charge on any atom is 0.227 e. The van der Waals surface area contributed by atoms with Gasteiger partial charge in [0.25, 0.3) is 0 Å². The molecule has 1 saturated heterocycles. The van der Waals surface area contributed by atoms with Gasteiger partial charge in [-0.05, 0) is 30.5 Å². The Morgan fingerprint density at radius 3 is 2.90 bits per heavy atom. The Hall–Kier alpha value is -3.00. The van der Waals surface area contributed by atoms with Gasteiger partial charge < -0.3 is 15.4 Å². The fourth-order valence-corrected chi connectivity index (χ4v) is 4.03. The third-order valence-electron chi connectivity index (χ3n) is 5.48. The van der Waals surface area contributed by atoms with Crippen LogP contribution in [0.1, 0.15) is 29.2 Å². The molecular formula is C21H26N6O2. The Labute approximate surface area is 169 Å². The van der Waals surface area contributed by atoms with Crippen LogP contribution in [0.5, 0.6) is 5.75 Å². The van der Waals surface area contributed by atoms with Gasteiger partial charge in [0.2, 0.25) is 5.91 Å². The molecule has 3 heterocycles. The SMILES string of the molecule is COc1ccc(CC(=O)N2CC[C@@H](c3nn(CCN)c4nccnc34)C2)cc1C. The van der Waals surface area contributed by atoms with Crippen LogP contribution < -0.4 is 10.5 Å². The number of rotatable bonds is 6. The summed E-state index contributed by atoms with van der Waals surface area (Å²) in [5, 5.41) is 4.73. The number of likely N-dealkylation sites (tertiary alicyclic amines) is 1. The van der Waals surface area contributed by atoms with Crippen molar-refractivity contribution in [1.29, 1.82) is 0 Å². The molecule has 1 aromatic carbocycles. The predicted molar refractivity (Wildman–Crippen MR) is 110 cm³/mol. The minimum atomic E-state index is 0.133. The van der Waals surface area contributed by atoms with Gasteiger partial charge in [-0.15, -0.1) is 0 Å². The number of amides is 1. The first kappa shape index (κ1) is 19.3. The first-order valence-corrected chi connectivity index (χ1v) is 9.89. The lowest BCUT2D eigenvalue weighted by atomic mass is 10.0. The Balaban J connectivity index is 1.48. The van der Waals surface area contributed by atoms with Crippen LogP contribution in [0.2, 0.25) is 0 Å². The van der Waals surface area contributed by atoms with Crippen molar-refractivity contribution in [2.24, 2.45) is 5.73 Å². The van der Waals surface area contributed by atoms with Gasteiger partial charge in [0.15, 0.2) is 5.65 Å². The molecule has 8 nitrogen and oxygen atoms in total. The topological polar surface area (TPSA) is 99.2 Å². The van der Waals surface area contributed by atoms with E-state index in [2.05, 4.69) is 9.97 Å². The van der Waals surface area contributed by atoms with Crippen molar-refractivity contribution in [2.45, 2.75) is 32.2 Å². The lowest BCUT2D eigenvalue weighted by molar-refractivity contribution is -0.129. The van der Waals surface area contributed by atoms with E-state index in [-0.39, 0.29) is 11.8 Å². The number of ether oxygens (including phenoxy) is 1. The van der Waals surface area contributed by atoms with Crippen molar-refractivity contribution in [2.75, 3.05) is 26.7 Å². The van der Waals surface area contributed by atoms with Gasteiger partial charge >= 0.3 is 0 Å². The predicted octanol–water partition coefficient (Wildman–Crippen LogP) is 1.66. The summed E-state index contributed by atoms with van der Waals surface area (Å²) in [5.74, 6) is 1.13. The van der Waals surface area contributed by atoms with E-state index in [1.54, 1.807) is 19.5 Å². The number of fused-ring (bicyclic) bond motifs is 1. The fraction of sp³-hybridized carbons (Fsp3) is 0.429. The van der Waals surface area contributed by atoms with Crippen LogP contribution >= 0.6 is 0 Å². The molecule has 3 aromatic rings. The van der Waals surface area contributed by atoms with E-state index < -0.39 is 0 Å². The van der Waals surface area contributed by atoms with Crippen LogP contribution in [0.15, 0.2) is 30.6 Å². The minimum Gasteiger partial charge on any atom is -0.496 e. The van der Waals surface area contributed by atoms with Crippen LogP contribution in [0.25, 0.3) is 11.2 Å². The van der Waals surface area contributed by atoms with Crippen LogP contribution in [-0.2, 0) is 17.8 Å². The highest BCUT2D eigenvalue weighted by molar-refractivity contribution is 5.80. The van der Waals surface area contributed by atoms with E-state index in [0.29, 0.717) is 26.1 Å². The first-order chi connectivity index (χ1) is 14.1. The summed E-state index contributed by atoms with van der Waals surface area (Å²) in [7, 11) is 1.65. The van der Waals surface area contributed by atoms with Crippen LogP contribution in [0, 0.1) is 6.92 Å². The fourth-order valence-electron chi connectivity index (χ4n) is 4.03. The largest absolute Gasteiger partial charge is 0.496 e. The van der Waals surface area contributed by atoms with E-state index in [1.807, 2.05) is 34.7 Å². The quantitative estimate of drug-likeness (QED) is 0.683. The number of benzene rings is 1. The molecule has 2 aromatic heterocycles. The number of nitrogens with zero attached hydrogens (tertiary/aromatic N) is 5. The van der Waals surface area contributed by atoms with E-state index in [9.17, 15) is 4.79 Å². The van der Waals surface area contributed by atoms with E-state index in [4.69, 9.17) is 15.6 Å². The Bertz CT molecular complexity index is 1030. The molecule has 1 amide bonds. The van der Waals surface area contributed by atoms with Gasteiger partial charge in [-0.3, -0.25) is 4.79 Å². The highest BCUT2D eigenvalue weighted by Crippen LogP contribution is 2.30. The molecule has 0 radical (unpaired) electrons. The zero-order valence-electron chi connectivity index (χ0n) is 16.8. The normalized spacial score (nSPS) is 16.5. The highest BCUT2D eigenvalue weighted by atomic mass is 16.5. The monoisotopic (exact) mass is 394 g/mol. The lowest BCUT2D eigenvalue weighted by Gasteiger charge is -2.16. The van der Waals surface area contributed by atoms with Gasteiger partial charge in [-0.2, -0.15) is 5.10 Å². The highest BCUT2D eigenvalue weighted by Gasteiger charge is 2.31. The molecule has 1 fully saturated rings. The molecule has 0 aliphatic carbocycles. The van der Waals surface area contributed by atoms with Gasteiger partial charge in [-0.25, -0.2) is 14.6 Å². The molecule has 1 atom stereocenters. The Morgan fingerprint density at radius 2 is 2.14 bits per heavy atom. The van der Waals surface area contributed by atoms with Crippen molar-refractivity contribution < 1.29 is 9.53 Å². The van der Waals surface area contributed by atoms with Crippen molar-refractivity contribution in [3.8, 4) is 5.75 Å². The lowest BCUT2D eigenvalue weighted by Crippen LogP contribution is -2.30. The third kappa shape index (κ3) is 3.80. The molecule has 29 heavy (non-hydrogen) atoms. The number of hydrogen-bond acceptors (Lipinski definition) is 6. The summed E-state index contributed by atoms with van der Waals surface area (Å²) in [4.78, 5) is 23.7. The third-order valence-corrected chi connectivity index (χ3v) is 5.48. The Morgan fingerprint density at radius 1 is 1.31 bits per heavy atom. The molecule has 1 aliphatic rings. The average Bonchev–Trinajstić information content (AvgIpc) is 3.34. The van der Waals surface area contributed by atoms with Gasteiger partial charge in [-0.1, -0.05) is 12.1 Å². The van der Waals surface area contributed by atoms with Crippen molar-refractivity contribution in [3.05, 3.63) is 47.4 Å². The number of aryl methyl sites for hydroxylation is 1. The van der Waals surface area contributed by atoms with Gasteiger partial charge in [0, 0.05) is 37.9 Å². The van der Waals surface area contributed by atoms with Crippen LogP contribution in [-0.4, -0.2) is 57.3 Å². The molecule has 4 rings (SSSR count).